The Morgan fingerprint density at radius 3 is 3.16 bits per heavy atom. The van der Waals surface area contributed by atoms with E-state index in [4.69, 9.17) is 9.72 Å². The normalized spacial score (nSPS) is 31.3. The van der Waals surface area contributed by atoms with E-state index in [1.54, 1.807) is 11.3 Å². The highest BCUT2D eigenvalue weighted by atomic mass is 79.9. The van der Waals surface area contributed by atoms with Gasteiger partial charge in [-0.3, -0.25) is 4.40 Å². The first kappa shape index (κ1) is 12.4. The van der Waals surface area contributed by atoms with Crippen molar-refractivity contribution in [2.45, 2.75) is 31.8 Å². The second-order valence-corrected chi connectivity index (χ2v) is 7.31. The SMILES string of the molecule is BrCC1(Cc2cn3ccsc3n2)CCOC1C1CC1. The maximum atomic E-state index is 6.05. The van der Waals surface area contributed by atoms with Crippen LogP contribution in [0.5, 0.6) is 0 Å². The Balaban J connectivity index is 1.63. The van der Waals surface area contributed by atoms with Gasteiger partial charge >= 0.3 is 0 Å². The lowest BCUT2D eigenvalue weighted by Gasteiger charge is -2.32. The van der Waals surface area contributed by atoms with E-state index in [-0.39, 0.29) is 5.41 Å². The van der Waals surface area contributed by atoms with E-state index >= 15 is 0 Å². The summed E-state index contributed by atoms with van der Waals surface area (Å²) in [6.07, 6.45) is 9.58. The molecule has 4 rings (SSSR count). The van der Waals surface area contributed by atoms with Crippen LogP contribution >= 0.6 is 27.3 Å². The lowest BCUT2D eigenvalue weighted by atomic mass is 9.77. The molecule has 3 nitrogen and oxygen atoms in total. The summed E-state index contributed by atoms with van der Waals surface area (Å²) in [6.45, 7) is 0.912. The van der Waals surface area contributed by atoms with Crippen molar-refractivity contribution in [3.8, 4) is 0 Å². The monoisotopic (exact) mass is 340 g/mol. The third kappa shape index (κ3) is 2.06. The molecule has 2 fully saturated rings. The lowest BCUT2D eigenvalue weighted by molar-refractivity contribution is 0.0410. The second kappa shape index (κ2) is 4.57. The van der Waals surface area contributed by atoms with Gasteiger partial charge in [0.15, 0.2) is 4.96 Å². The number of nitrogens with zero attached hydrogens (tertiary/aromatic N) is 2. The first-order valence-corrected chi connectivity index (χ1v) is 8.89. The molecule has 1 aliphatic carbocycles. The van der Waals surface area contributed by atoms with Crippen LogP contribution in [-0.4, -0.2) is 27.4 Å². The van der Waals surface area contributed by atoms with E-state index in [0.717, 1.165) is 35.7 Å². The number of rotatable bonds is 4. The number of ether oxygens (including phenoxy) is 1. The Labute approximate surface area is 125 Å². The van der Waals surface area contributed by atoms with Gasteiger partial charge in [0.1, 0.15) is 0 Å². The molecule has 1 aliphatic heterocycles. The van der Waals surface area contributed by atoms with Crippen molar-refractivity contribution in [2.24, 2.45) is 11.3 Å². The zero-order valence-electron chi connectivity index (χ0n) is 10.7. The molecule has 2 aliphatic rings. The average molecular weight is 341 g/mol. The fourth-order valence-electron chi connectivity index (χ4n) is 3.34. The molecule has 0 radical (unpaired) electrons. The number of halogens is 1. The van der Waals surface area contributed by atoms with Gasteiger partial charge in [0.25, 0.3) is 0 Å². The molecule has 0 bridgehead atoms. The summed E-state index contributed by atoms with van der Waals surface area (Å²) in [7, 11) is 0. The standard InChI is InChI=1S/C14H17BrN2OS/c15-9-14(3-5-18-12(14)10-1-2-10)7-11-8-17-4-6-19-13(17)16-11/h4,6,8,10,12H,1-3,5,7,9H2. The maximum absolute atomic E-state index is 6.05. The van der Waals surface area contributed by atoms with Crippen molar-refractivity contribution >= 4 is 32.2 Å². The molecule has 3 heterocycles. The van der Waals surface area contributed by atoms with E-state index in [0.29, 0.717) is 6.10 Å². The van der Waals surface area contributed by atoms with Crippen molar-refractivity contribution < 1.29 is 4.74 Å². The van der Waals surface area contributed by atoms with Crippen molar-refractivity contribution in [2.75, 3.05) is 11.9 Å². The van der Waals surface area contributed by atoms with Crippen LogP contribution in [0.2, 0.25) is 0 Å². The highest BCUT2D eigenvalue weighted by Gasteiger charge is 2.50. The first-order chi connectivity index (χ1) is 9.31. The average Bonchev–Trinajstić information content (AvgIpc) is 2.83. The Kier molecular flexibility index (Phi) is 2.97. The molecule has 19 heavy (non-hydrogen) atoms. The minimum absolute atomic E-state index is 0.255. The minimum atomic E-state index is 0.255. The van der Waals surface area contributed by atoms with E-state index in [9.17, 15) is 0 Å². The van der Waals surface area contributed by atoms with Gasteiger partial charge < -0.3 is 4.74 Å². The van der Waals surface area contributed by atoms with Crippen LogP contribution in [-0.2, 0) is 11.2 Å². The molecule has 0 amide bonds. The zero-order chi connectivity index (χ0) is 12.9. The van der Waals surface area contributed by atoms with Gasteiger partial charge in [-0.2, -0.15) is 0 Å². The van der Waals surface area contributed by atoms with Crippen LogP contribution in [0.3, 0.4) is 0 Å². The van der Waals surface area contributed by atoms with E-state index in [1.165, 1.54) is 18.5 Å². The molecule has 2 unspecified atom stereocenters. The zero-order valence-corrected chi connectivity index (χ0v) is 13.1. The van der Waals surface area contributed by atoms with Gasteiger partial charge in [0.05, 0.1) is 11.8 Å². The van der Waals surface area contributed by atoms with Gasteiger partial charge in [-0.25, -0.2) is 4.98 Å². The predicted molar refractivity (Wildman–Crippen MR) is 80.1 cm³/mol. The molecular formula is C14H17BrN2OS. The Bertz CT molecular complexity index is 563. The smallest absolute Gasteiger partial charge is 0.193 e. The number of alkyl halides is 1. The van der Waals surface area contributed by atoms with Crippen LogP contribution in [0.15, 0.2) is 17.8 Å². The van der Waals surface area contributed by atoms with Crippen LogP contribution in [0.1, 0.15) is 25.0 Å². The second-order valence-electron chi connectivity index (χ2n) is 5.88. The van der Waals surface area contributed by atoms with Gasteiger partial charge in [0.2, 0.25) is 0 Å². The molecule has 0 aromatic carbocycles. The summed E-state index contributed by atoms with van der Waals surface area (Å²) >= 11 is 5.45. The Morgan fingerprint density at radius 1 is 1.53 bits per heavy atom. The summed E-state index contributed by atoms with van der Waals surface area (Å²) in [4.78, 5) is 5.85. The summed E-state index contributed by atoms with van der Waals surface area (Å²) in [5.41, 5.74) is 1.47. The van der Waals surface area contributed by atoms with Gasteiger partial charge in [-0.1, -0.05) is 15.9 Å². The quantitative estimate of drug-likeness (QED) is 0.796. The largest absolute Gasteiger partial charge is 0.377 e. The highest BCUT2D eigenvalue weighted by Crippen LogP contribution is 2.50. The summed E-state index contributed by atoms with van der Waals surface area (Å²) in [5, 5.41) is 3.10. The number of fused-ring (bicyclic) bond motifs is 1. The van der Waals surface area contributed by atoms with Crippen molar-refractivity contribution in [1.82, 2.24) is 9.38 Å². The predicted octanol–water partition coefficient (Wildman–Crippen LogP) is 3.52. The number of hydrogen-bond donors (Lipinski definition) is 0. The summed E-state index contributed by atoms with van der Waals surface area (Å²) in [5.74, 6) is 0.795. The molecule has 5 heteroatoms. The van der Waals surface area contributed by atoms with Crippen LogP contribution < -0.4 is 0 Å². The van der Waals surface area contributed by atoms with E-state index in [2.05, 4.69) is 38.1 Å². The van der Waals surface area contributed by atoms with Gasteiger partial charge in [-0.05, 0) is 25.2 Å². The molecule has 102 valence electrons. The van der Waals surface area contributed by atoms with Crippen LogP contribution in [0, 0.1) is 11.3 Å². The molecule has 2 aromatic heterocycles. The number of thiazole rings is 1. The fourth-order valence-corrected chi connectivity index (χ4v) is 4.86. The maximum Gasteiger partial charge on any atom is 0.193 e. The molecule has 1 saturated carbocycles. The van der Waals surface area contributed by atoms with E-state index < -0.39 is 0 Å². The fraction of sp³-hybridized carbons (Fsp3) is 0.643. The molecule has 2 aromatic rings. The molecule has 1 saturated heterocycles. The molecule has 0 spiro atoms. The molecular weight excluding hydrogens is 324 g/mol. The minimum Gasteiger partial charge on any atom is -0.377 e. The number of hydrogen-bond acceptors (Lipinski definition) is 3. The van der Waals surface area contributed by atoms with E-state index in [1.807, 2.05) is 0 Å². The highest BCUT2D eigenvalue weighted by molar-refractivity contribution is 9.09. The van der Waals surface area contributed by atoms with Crippen molar-refractivity contribution in [1.29, 1.82) is 0 Å². The molecule has 0 N–H and O–H groups in total. The Hall–Kier alpha value is -0.390. The van der Waals surface area contributed by atoms with Gasteiger partial charge in [0, 0.05) is 41.5 Å². The topological polar surface area (TPSA) is 26.5 Å². The third-order valence-electron chi connectivity index (χ3n) is 4.49. The van der Waals surface area contributed by atoms with Gasteiger partial charge in [-0.15, -0.1) is 11.3 Å². The van der Waals surface area contributed by atoms with Crippen molar-refractivity contribution in [3.63, 3.8) is 0 Å². The summed E-state index contributed by atoms with van der Waals surface area (Å²) < 4.78 is 8.18. The first-order valence-electron chi connectivity index (χ1n) is 6.89. The Morgan fingerprint density at radius 2 is 2.42 bits per heavy atom. The molecule has 2 atom stereocenters. The lowest BCUT2D eigenvalue weighted by Crippen LogP contribution is -2.36. The number of aromatic nitrogens is 2. The summed E-state index contributed by atoms with van der Waals surface area (Å²) in [6, 6.07) is 0. The van der Waals surface area contributed by atoms with Crippen LogP contribution in [0.25, 0.3) is 4.96 Å². The van der Waals surface area contributed by atoms with Crippen molar-refractivity contribution in [3.05, 3.63) is 23.5 Å². The van der Waals surface area contributed by atoms with Crippen LogP contribution in [0.4, 0.5) is 0 Å². The number of imidazole rings is 1. The third-order valence-corrected chi connectivity index (χ3v) is 6.38.